The molecule has 0 bridgehead atoms. The summed E-state index contributed by atoms with van der Waals surface area (Å²) in [6.45, 7) is 6.85. The van der Waals surface area contributed by atoms with Crippen molar-refractivity contribution in [2.45, 2.75) is 40.2 Å². The zero-order valence-corrected chi connectivity index (χ0v) is 11.8. The summed E-state index contributed by atoms with van der Waals surface area (Å²) in [4.78, 5) is 12.2. The van der Waals surface area contributed by atoms with Crippen molar-refractivity contribution in [2.75, 3.05) is 0 Å². The van der Waals surface area contributed by atoms with Crippen LogP contribution in [0.25, 0.3) is 0 Å². The van der Waals surface area contributed by atoms with Gasteiger partial charge in [-0.1, -0.05) is 24.3 Å². The molecule has 1 heterocycles. The first kappa shape index (κ1) is 13.5. The van der Waals surface area contributed by atoms with Crippen LogP contribution in [-0.4, -0.2) is 15.6 Å². The number of aryl methyl sites for hydroxylation is 3. The average Bonchev–Trinajstić information content (AvgIpc) is 2.72. The second-order valence-electron chi connectivity index (χ2n) is 4.91. The number of Topliss-reactive ketones (excluding diaryl/α,β-unsaturated/α-hetero) is 1. The molecule has 0 fully saturated rings. The Balaban J connectivity index is 2.07. The summed E-state index contributed by atoms with van der Waals surface area (Å²) in [6, 6.07) is 10.0. The van der Waals surface area contributed by atoms with Gasteiger partial charge in [0.2, 0.25) is 0 Å². The molecular formula is C16H20N2O. The fourth-order valence-electron chi connectivity index (χ4n) is 2.30. The van der Waals surface area contributed by atoms with Crippen molar-refractivity contribution in [2.24, 2.45) is 0 Å². The number of hydrogen-bond acceptors (Lipinski definition) is 2. The van der Waals surface area contributed by atoms with Crippen molar-refractivity contribution in [1.82, 2.24) is 9.78 Å². The maximum atomic E-state index is 12.2. The highest BCUT2D eigenvalue weighted by molar-refractivity contribution is 5.83. The van der Waals surface area contributed by atoms with E-state index in [1.165, 1.54) is 5.56 Å². The fourth-order valence-corrected chi connectivity index (χ4v) is 2.30. The van der Waals surface area contributed by atoms with Gasteiger partial charge >= 0.3 is 0 Å². The lowest BCUT2D eigenvalue weighted by atomic mass is 10.0. The lowest BCUT2D eigenvalue weighted by Crippen LogP contribution is -2.12. The Morgan fingerprint density at radius 2 is 1.95 bits per heavy atom. The molecule has 0 unspecified atom stereocenters. The van der Waals surface area contributed by atoms with Crippen molar-refractivity contribution in [3.63, 3.8) is 0 Å². The van der Waals surface area contributed by atoms with Crippen LogP contribution in [0.5, 0.6) is 0 Å². The van der Waals surface area contributed by atoms with Crippen molar-refractivity contribution in [3.8, 4) is 0 Å². The first-order chi connectivity index (χ1) is 9.10. The molecule has 0 spiro atoms. The predicted molar refractivity (Wildman–Crippen MR) is 76.2 cm³/mol. The van der Waals surface area contributed by atoms with Crippen LogP contribution in [0.1, 0.15) is 29.4 Å². The molecule has 0 amide bonds. The fraction of sp³-hybridized carbons (Fsp3) is 0.375. The van der Waals surface area contributed by atoms with E-state index in [9.17, 15) is 4.79 Å². The van der Waals surface area contributed by atoms with E-state index in [2.05, 4.69) is 5.10 Å². The Bertz CT molecular complexity index is 584. The molecule has 2 rings (SSSR count). The van der Waals surface area contributed by atoms with Crippen LogP contribution in [0.4, 0.5) is 0 Å². The van der Waals surface area contributed by atoms with E-state index in [0.29, 0.717) is 12.8 Å². The van der Waals surface area contributed by atoms with Crippen molar-refractivity contribution in [3.05, 3.63) is 52.8 Å². The topological polar surface area (TPSA) is 34.9 Å². The van der Waals surface area contributed by atoms with Gasteiger partial charge in [-0.05, 0) is 38.0 Å². The van der Waals surface area contributed by atoms with Crippen LogP contribution in [0, 0.1) is 13.8 Å². The number of aromatic nitrogens is 2. The third-order valence-electron chi connectivity index (χ3n) is 3.31. The van der Waals surface area contributed by atoms with Gasteiger partial charge in [-0.25, -0.2) is 0 Å². The number of benzene rings is 1. The zero-order chi connectivity index (χ0) is 13.8. The highest BCUT2D eigenvalue weighted by Crippen LogP contribution is 2.11. The number of rotatable bonds is 5. The SMILES string of the molecule is CCn1nc(C)cc1CC(=O)Cc1ccccc1C. The molecule has 0 saturated carbocycles. The molecule has 100 valence electrons. The van der Waals surface area contributed by atoms with Gasteiger partial charge in [0.05, 0.1) is 5.69 Å². The molecule has 0 saturated heterocycles. The molecule has 0 atom stereocenters. The summed E-state index contributed by atoms with van der Waals surface area (Å²) in [5, 5.41) is 4.37. The summed E-state index contributed by atoms with van der Waals surface area (Å²) in [6.07, 6.45) is 0.962. The highest BCUT2D eigenvalue weighted by atomic mass is 16.1. The molecule has 3 nitrogen and oxygen atoms in total. The van der Waals surface area contributed by atoms with Gasteiger partial charge in [-0.3, -0.25) is 9.48 Å². The van der Waals surface area contributed by atoms with Crippen molar-refractivity contribution < 1.29 is 4.79 Å². The van der Waals surface area contributed by atoms with Gasteiger partial charge in [0, 0.05) is 25.1 Å². The van der Waals surface area contributed by atoms with Gasteiger partial charge in [0.1, 0.15) is 5.78 Å². The van der Waals surface area contributed by atoms with E-state index < -0.39 is 0 Å². The number of carbonyl (C=O) groups is 1. The van der Waals surface area contributed by atoms with E-state index in [0.717, 1.165) is 23.5 Å². The molecule has 0 N–H and O–H groups in total. The van der Waals surface area contributed by atoms with Crippen molar-refractivity contribution >= 4 is 5.78 Å². The normalized spacial score (nSPS) is 10.7. The second-order valence-corrected chi connectivity index (χ2v) is 4.91. The standard InChI is InChI=1S/C16H20N2O/c1-4-18-15(9-13(3)17-18)11-16(19)10-14-8-6-5-7-12(14)2/h5-9H,4,10-11H2,1-3H3. The molecule has 0 aliphatic rings. The Hall–Kier alpha value is -1.90. The molecule has 1 aromatic carbocycles. The Kier molecular flexibility index (Phi) is 4.15. The molecule has 2 aromatic rings. The van der Waals surface area contributed by atoms with Crippen LogP contribution in [-0.2, 0) is 24.2 Å². The molecule has 3 heteroatoms. The lowest BCUT2D eigenvalue weighted by molar-refractivity contribution is -0.117. The van der Waals surface area contributed by atoms with E-state index in [4.69, 9.17) is 0 Å². The van der Waals surface area contributed by atoms with Crippen LogP contribution >= 0.6 is 0 Å². The van der Waals surface area contributed by atoms with Gasteiger partial charge in [0.15, 0.2) is 0 Å². The number of nitrogens with zero attached hydrogens (tertiary/aromatic N) is 2. The number of ketones is 1. The third kappa shape index (κ3) is 3.31. The van der Waals surface area contributed by atoms with Crippen LogP contribution in [0.2, 0.25) is 0 Å². The summed E-state index contributed by atoms with van der Waals surface area (Å²) >= 11 is 0. The summed E-state index contributed by atoms with van der Waals surface area (Å²) in [5.41, 5.74) is 4.28. The van der Waals surface area contributed by atoms with Crippen LogP contribution < -0.4 is 0 Å². The zero-order valence-electron chi connectivity index (χ0n) is 11.8. The van der Waals surface area contributed by atoms with Crippen LogP contribution in [0.15, 0.2) is 30.3 Å². The summed E-state index contributed by atoms with van der Waals surface area (Å²) in [7, 11) is 0. The Morgan fingerprint density at radius 3 is 2.63 bits per heavy atom. The van der Waals surface area contributed by atoms with E-state index in [-0.39, 0.29) is 5.78 Å². The average molecular weight is 256 g/mol. The first-order valence-electron chi connectivity index (χ1n) is 6.69. The monoisotopic (exact) mass is 256 g/mol. The molecule has 19 heavy (non-hydrogen) atoms. The van der Waals surface area contributed by atoms with Gasteiger partial charge in [0.25, 0.3) is 0 Å². The van der Waals surface area contributed by atoms with E-state index in [1.807, 2.05) is 55.8 Å². The minimum Gasteiger partial charge on any atom is -0.299 e. The van der Waals surface area contributed by atoms with Crippen LogP contribution in [0.3, 0.4) is 0 Å². The molecule has 1 aromatic heterocycles. The quantitative estimate of drug-likeness (QED) is 0.824. The minimum absolute atomic E-state index is 0.240. The van der Waals surface area contributed by atoms with Gasteiger partial charge in [-0.2, -0.15) is 5.10 Å². The maximum Gasteiger partial charge on any atom is 0.143 e. The smallest absolute Gasteiger partial charge is 0.143 e. The number of hydrogen-bond donors (Lipinski definition) is 0. The molecule has 0 aliphatic carbocycles. The highest BCUT2D eigenvalue weighted by Gasteiger charge is 2.11. The molecule has 0 radical (unpaired) electrons. The van der Waals surface area contributed by atoms with Crippen molar-refractivity contribution in [1.29, 1.82) is 0 Å². The predicted octanol–water partition coefficient (Wildman–Crippen LogP) is 2.87. The van der Waals surface area contributed by atoms with Gasteiger partial charge in [-0.15, -0.1) is 0 Å². The Morgan fingerprint density at radius 1 is 1.21 bits per heavy atom. The maximum absolute atomic E-state index is 12.2. The second kappa shape index (κ2) is 5.83. The third-order valence-corrected chi connectivity index (χ3v) is 3.31. The largest absolute Gasteiger partial charge is 0.299 e. The first-order valence-corrected chi connectivity index (χ1v) is 6.69. The Labute approximate surface area is 114 Å². The summed E-state index contributed by atoms with van der Waals surface area (Å²) < 4.78 is 1.91. The molecule has 0 aliphatic heterocycles. The van der Waals surface area contributed by atoms with E-state index in [1.54, 1.807) is 0 Å². The van der Waals surface area contributed by atoms with Gasteiger partial charge < -0.3 is 0 Å². The molecular weight excluding hydrogens is 236 g/mol. The summed E-state index contributed by atoms with van der Waals surface area (Å²) in [5.74, 6) is 0.240. The van der Waals surface area contributed by atoms with E-state index >= 15 is 0 Å². The lowest BCUT2D eigenvalue weighted by Gasteiger charge is -2.06. The number of carbonyl (C=O) groups excluding carboxylic acids is 1. The minimum atomic E-state index is 0.240.